The van der Waals surface area contributed by atoms with Crippen molar-refractivity contribution >= 4 is 20.0 Å². The Labute approximate surface area is 197 Å². The molecule has 0 bridgehead atoms. The van der Waals surface area contributed by atoms with Gasteiger partial charge in [0, 0.05) is 32.2 Å². The minimum absolute atomic E-state index is 0.00266. The van der Waals surface area contributed by atoms with Crippen molar-refractivity contribution in [2.45, 2.75) is 44.4 Å². The molecule has 33 heavy (non-hydrogen) atoms. The van der Waals surface area contributed by atoms with E-state index in [0.717, 1.165) is 27.8 Å². The van der Waals surface area contributed by atoms with E-state index in [9.17, 15) is 16.8 Å². The zero-order valence-corrected chi connectivity index (χ0v) is 21.9. The molecule has 0 saturated carbocycles. The highest BCUT2D eigenvalue weighted by molar-refractivity contribution is 7.89. The van der Waals surface area contributed by atoms with E-state index in [1.54, 1.807) is 12.1 Å². The molecular weight excluding hydrogens is 464 g/mol. The number of piperazine rings is 1. The molecule has 0 aliphatic carbocycles. The maximum absolute atomic E-state index is 13.6. The van der Waals surface area contributed by atoms with Gasteiger partial charge < -0.3 is 9.47 Å². The van der Waals surface area contributed by atoms with Gasteiger partial charge in [-0.1, -0.05) is 0 Å². The van der Waals surface area contributed by atoms with Gasteiger partial charge in [-0.25, -0.2) is 16.8 Å². The minimum atomic E-state index is -3.90. The summed E-state index contributed by atoms with van der Waals surface area (Å²) in [7, 11) is -4.81. The van der Waals surface area contributed by atoms with Crippen LogP contribution in [0.1, 0.15) is 27.8 Å². The van der Waals surface area contributed by atoms with Crippen molar-refractivity contribution in [2.24, 2.45) is 0 Å². The highest BCUT2D eigenvalue weighted by atomic mass is 32.2. The molecule has 1 saturated heterocycles. The zero-order chi connectivity index (χ0) is 24.7. The van der Waals surface area contributed by atoms with E-state index in [-0.39, 0.29) is 36.8 Å². The molecular formula is C23H32N2O6S2. The molecule has 0 spiro atoms. The predicted octanol–water partition coefficient (Wildman–Crippen LogP) is 2.94. The van der Waals surface area contributed by atoms with E-state index in [1.165, 1.54) is 28.9 Å². The van der Waals surface area contributed by atoms with Gasteiger partial charge in [0.2, 0.25) is 20.0 Å². The topological polar surface area (TPSA) is 93.2 Å². The second kappa shape index (κ2) is 9.25. The third kappa shape index (κ3) is 4.37. The monoisotopic (exact) mass is 496 g/mol. The molecule has 182 valence electrons. The van der Waals surface area contributed by atoms with E-state index < -0.39 is 20.0 Å². The number of nitrogens with zero attached hydrogens (tertiary/aromatic N) is 2. The van der Waals surface area contributed by atoms with Gasteiger partial charge in [0.05, 0.1) is 19.1 Å². The summed E-state index contributed by atoms with van der Waals surface area (Å²) < 4.78 is 66.9. The highest BCUT2D eigenvalue weighted by Crippen LogP contribution is 2.34. The number of rotatable bonds is 6. The SMILES string of the molecule is COc1ccc(OC)c(S(=O)(=O)N2CCN(S(=O)(=O)c3c(C)c(C)c(C)c(C)c3C)CC2)c1. The Morgan fingerprint density at radius 2 is 1.12 bits per heavy atom. The summed E-state index contributed by atoms with van der Waals surface area (Å²) >= 11 is 0. The van der Waals surface area contributed by atoms with Crippen LogP contribution in [0.15, 0.2) is 28.0 Å². The van der Waals surface area contributed by atoms with Crippen molar-refractivity contribution in [2.75, 3.05) is 40.4 Å². The lowest BCUT2D eigenvalue weighted by molar-refractivity contribution is 0.271. The first kappa shape index (κ1) is 25.5. The molecule has 0 amide bonds. The fourth-order valence-electron chi connectivity index (χ4n) is 4.26. The molecule has 1 heterocycles. The molecule has 3 rings (SSSR count). The van der Waals surface area contributed by atoms with Crippen LogP contribution in [-0.2, 0) is 20.0 Å². The Hall–Kier alpha value is -2.14. The van der Waals surface area contributed by atoms with Gasteiger partial charge in [-0.05, 0) is 74.6 Å². The van der Waals surface area contributed by atoms with E-state index in [1.807, 2.05) is 34.6 Å². The highest BCUT2D eigenvalue weighted by Gasteiger charge is 2.37. The molecule has 0 N–H and O–H groups in total. The Bertz CT molecular complexity index is 1250. The first-order valence-electron chi connectivity index (χ1n) is 10.7. The van der Waals surface area contributed by atoms with Crippen LogP contribution in [0.2, 0.25) is 0 Å². The van der Waals surface area contributed by atoms with Crippen molar-refractivity contribution in [3.8, 4) is 11.5 Å². The number of sulfonamides is 2. The fourth-order valence-corrected chi connectivity index (χ4v) is 7.83. The normalized spacial score (nSPS) is 16.1. The van der Waals surface area contributed by atoms with Crippen LogP contribution >= 0.6 is 0 Å². The average molecular weight is 497 g/mol. The summed E-state index contributed by atoms with van der Waals surface area (Å²) in [5.74, 6) is 0.606. The molecule has 1 fully saturated rings. The number of methoxy groups -OCH3 is 2. The van der Waals surface area contributed by atoms with Crippen LogP contribution in [0.5, 0.6) is 11.5 Å². The maximum Gasteiger partial charge on any atom is 0.246 e. The second-order valence-electron chi connectivity index (χ2n) is 8.28. The van der Waals surface area contributed by atoms with Gasteiger partial charge in [0.1, 0.15) is 16.4 Å². The lowest BCUT2D eigenvalue weighted by Crippen LogP contribution is -2.50. The van der Waals surface area contributed by atoms with Crippen molar-refractivity contribution in [3.05, 3.63) is 46.0 Å². The Kier molecular flexibility index (Phi) is 7.14. The molecule has 10 heteroatoms. The van der Waals surface area contributed by atoms with Crippen molar-refractivity contribution < 1.29 is 26.3 Å². The van der Waals surface area contributed by atoms with Crippen molar-refractivity contribution in [1.82, 2.24) is 8.61 Å². The summed E-state index contributed by atoms with van der Waals surface area (Å²) in [6, 6.07) is 4.58. The van der Waals surface area contributed by atoms with E-state index >= 15 is 0 Å². The third-order valence-electron chi connectivity index (χ3n) is 6.72. The van der Waals surface area contributed by atoms with Gasteiger partial charge in [-0.2, -0.15) is 8.61 Å². The van der Waals surface area contributed by atoms with Crippen LogP contribution in [0.4, 0.5) is 0 Å². The first-order valence-corrected chi connectivity index (χ1v) is 13.5. The Morgan fingerprint density at radius 3 is 1.58 bits per heavy atom. The van der Waals surface area contributed by atoms with Gasteiger partial charge >= 0.3 is 0 Å². The lowest BCUT2D eigenvalue weighted by atomic mass is 9.95. The van der Waals surface area contributed by atoms with E-state index in [4.69, 9.17) is 9.47 Å². The van der Waals surface area contributed by atoms with Crippen LogP contribution in [0, 0.1) is 34.6 Å². The molecule has 0 unspecified atom stereocenters. The quantitative estimate of drug-likeness (QED) is 0.611. The maximum atomic E-state index is 13.6. The third-order valence-corrected chi connectivity index (χ3v) is 10.8. The summed E-state index contributed by atoms with van der Waals surface area (Å²) in [4.78, 5) is 0.325. The largest absolute Gasteiger partial charge is 0.497 e. The molecule has 1 aliphatic heterocycles. The van der Waals surface area contributed by atoms with E-state index in [2.05, 4.69) is 0 Å². The molecule has 2 aromatic rings. The molecule has 1 aliphatic rings. The molecule has 0 aromatic heterocycles. The Balaban J connectivity index is 1.90. The summed E-state index contributed by atoms with van der Waals surface area (Å²) in [6.45, 7) is 9.75. The average Bonchev–Trinajstić information content (AvgIpc) is 2.81. The molecule has 0 atom stereocenters. The Morgan fingerprint density at radius 1 is 0.667 bits per heavy atom. The molecule has 8 nitrogen and oxygen atoms in total. The first-order chi connectivity index (χ1) is 15.4. The predicted molar refractivity (Wildman–Crippen MR) is 127 cm³/mol. The number of benzene rings is 2. The van der Waals surface area contributed by atoms with Crippen LogP contribution in [-0.4, -0.2) is 65.8 Å². The molecule has 0 radical (unpaired) electrons. The second-order valence-corrected chi connectivity index (χ2v) is 12.1. The lowest BCUT2D eigenvalue weighted by Gasteiger charge is -2.34. The fraction of sp³-hybridized carbons (Fsp3) is 0.478. The summed E-state index contributed by atoms with van der Waals surface area (Å²) in [5, 5.41) is 0. The minimum Gasteiger partial charge on any atom is -0.497 e. The van der Waals surface area contributed by atoms with Gasteiger partial charge in [0.25, 0.3) is 0 Å². The summed E-state index contributed by atoms with van der Waals surface area (Å²) in [6.07, 6.45) is 0. The standard InChI is InChI=1S/C23H32N2O6S2/c1-15-16(2)18(4)23(19(5)17(15)3)33(28,29)25-12-10-24(11-13-25)32(26,27)22-14-20(30-6)8-9-21(22)31-7/h8-9,14H,10-13H2,1-7H3. The number of hydrogen-bond acceptors (Lipinski definition) is 6. The zero-order valence-electron chi connectivity index (χ0n) is 20.2. The van der Waals surface area contributed by atoms with E-state index in [0.29, 0.717) is 10.6 Å². The summed E-state index contributed by atoms with van der Waals surface area (Å²) in [5.41, 5.74) is 4.50. The number of hydrogen-bond donors (Lipinski definition) is 0. The van der Waals surface area contributed by atoms with Crippen molar-refractivity contribution in [3.63, 3.8) is 0 Å². The van der Waals surface area contributed by atoms with Gasteiger partial charge in [-0.15, -0.1) is 0 Å². The van der Waals surface area contributed by atoms with Gasteiger partial charge in [-0.3, -0.25) is 0 Å². The molecule has 2 aromatic carbocycles. The van der Waals surface area contributed by atoms with Crippen LogP contribution < -0.4 is 9.47 Å². The number of ether oxygens (including phenoxy) is 2. The van der Waals surface area contributed by atoms with Crippen molar-refractivity contribution in [1.29, 1.82) is 0 Å². The van der Waals surface area contributed by atoms with Crippen LogP contribution in [0.3, 0.4) is 0 Å². The smallest absolute Gasteiger partial charge is 0.246 e. The van der Waals surface area contributed by atoms with Gasteiger partial charge in [0.15, 0.2) is 0 Å². The van der Waals surface area contributed by atoms with Crippen LogP contribution in [0.25, 0.3) is 0 Å².